The van der Waals surface area contributed by atoms with Crippen LogP contribution in [0.5, 0.6) is 5.88 Å². The van der Waals surface area contributed by atoms with Crippen LogP contribution in [-0.2, 0) is 13.0 Å². The Labute approximate surface area is 115 Å². The van der Waals surface area contributed by atoms with E-state index < -0.39 is 0 Å². The second-order valence-corrected chi connectivity index (χ2v) is 5.67. The van der Waals surface area contributed by atoms with Crippen molar-refractivity contribution in [1.29, 1.82) is 0 Å². The number of hydrogen-bond acceptors (Lipinski definition) is 4. The van der Waals surface area contributed by atoms with Crippen LogP contribution < -0.4 is 5.56 Å². The fourth-order valence-corrected chi connectivity index (χ4v) is 3.19. The molecule has 5 heteroatoms. The number of aryl methyl sites for hydroxylation is 1. The summed E-state index contributed by atoms with van der Waals surface area (Å²) in [5.41, 5.74) is 2.43. The Morgan fingerprint density at radius 1 is 1.42 bits per heavy atom. The van der Waals surface area contributed by atoms with Crippen molar-refractivity contribution >= 4 is 11.8 Å². The van der Waals surface area contributed by atoms with Crippen LogP contribution in [0.3, 0.4) is 0 Å². The summed E-state index contributed by atoms with van der Waals surface area (Å²) < 4.78 is 1.65. The minimum absolute atomic E-state index is 0.115. The van der Waals surface area contributed by atoms with Crippen LogP contribution in [0.1, 0.15) is 16.7 Å². The van der Waals surface area contributed by atoms with Crippen molar-refractivity contribution in [1.82, 2.24) is 9.55 Å². The average molecular weight is 274 g/mol. The summed E-state index contributed by atoms with van der Waals surface area (Å²) in [5, 5.41) is 10.6. The number of hydrogen-bond donors (Lipinski definition) is 1. The minimum Gasteiger partial charge on any atom is -0.493 e. The van der Waals surface area contributed by atoms with Gasteiger partial charge in [-0.1, -0.05) is 36.0 Å². The Morgan fingerprint density at radius 2 is 2.21 bits per heavy atom. The number of benzene rings is 1. The van der Waals surface area contributed by atoms with E-state index in [4.69, 9.17) is 0 Å². The summed E-state index contributed by atoms with van der Waals surface area (Å²) in [7, 11) is 0. The molecule has 2 aromatic rings. The molecule has 1 aromatic heterocycles. The highest BCUT2D eigenvalue weighted by Gasteiger charge is 2.20. The molecule has 0 bridgehead atoms. The van der Waals surface area contributed by atoms with Crippen LogP contribution in [0.15, 0.2) is 34.2 Å². The van der Waals surface area contributed by atoms with Gasteiger partial charge in [-0.05, 0) is 18.1 Å². The van der Waals surface area contributed by atoms with E-state index in [9.17, 15) is 9.90 Å². The first kappa shape index (κ1) is 12.3. The first-order valence-corrected chi connectivity index (χ1v) is 7.15. The molecular formula is C14H14N2O2S. The normalized spacial score (nSPS) is 13.5. The van der Waals surface area contributed by atoms with Crippen molar-refractivity contribution in [2.45, 2.75) is 25.0 Å². The lowest BCUT2D eigenvalue weighted by Crippen LogP contribution is -2.24. The molecule has 4 nitrogen and oxygen atoms in total. The van der Waals surface area contributed by atoms with Gasteiger partial charge in [-0.25, -0.2) is 0 Å². The van der Waals surface area contributed by atoms with E-state index >= 15 is 0 Å². The van der Waals surface area contributed by atoms with Gasteiger partial charge in [0.25, 0.3) is 5.56 Å². The summed E-state index contributed by atoms with van der Waals surface area (Å²) in [6.07, 6.45) is 0.426. The van der Waals surface area contributed by atoms with Crippen molar-refractivity contribution in [3.63, 3.8) is 0 Å². The topological polar surface area (TPSA) is 55.1 Å². The maximum Gasteiger partial charge on any atom is 0.261 e. The van der Waals surface area contributed by atoms with Gasteiger partial charge in [0.05, 0.1) is 5.56 Å². The van der Waals surface area contributed by atoms with Gasteiger partial charge in [-0.3, -0.25) is 9.36 Å². The summed E-state index contributed by atoms with van der Waals surface area (Å²) in [6.45, 7) is 2.67. The smallest absolute Gasteiger partial charge is 0.261 e. The van der Waals surface area contributed by atoms with Crippen LogP contribution >= 0.6 is 11.8 Å². The Hall–Kier alpha value is -1.75. The zero-order valence-electron chi connectivity index (χ0n) is 10.6. The molecule has 0 fully saturated rings. The Bertz CT molecular complexity index is 694. The quantitative estimate of drug-likeness (QED) is 0.851. The molecule has 2 heterocycles. The molecule has 1 N–H and O–H groups in total. The van der Waals surface area contributed by atoms with Crippen molar-refractivity contribution < 1.29 is 5.11 Å². The minimum atomic E-state index is -0.131. The van der Waals surface area contributed by atoms with E-state index in [1.165, 1.54) is 11.8 Å². The summed E-state index contributed by atoms with van der Waals surface area (Å²) in [4.78, 5) is 16.5. The van der Waals surface area contributed by atoms with E-state index in [0.29, 0.717) is 23.7 Å². The molecule has 0 unspecified atom stereocenters. The summed E-state index contributed by atoms with van der Waals surface area (Å²) in [6, 6.07) is 7.87. The first-order valence-electron chi connectivity index (χ1n) is 6.17. The lowest BCUT2D eigenvalue weighted by atomic mass is 10.0. The van der Waals surface area contributed by atoms with Crippen LogP contribution in [0.25, 0.3) is 0 Å². The van der Waals surface area contributed by atoms with Crippen molar-refractivity contribution in [2.24, 2.45) is 0 Å². The standard InChI is InChI=1S/C14H14N2O2S/c1-9-4-2-3-5-10(9)8-11-12(17)15-14-16(13(11)18)6-7-19-14/h2-5,17H,6-8H2,1H3. The molecule has 0 radical (unpaired) electrons. The first-order chi connectivity index (χ1) is 9.16. The van der Waals surface area contributed by atoms with Gasteiger partial charge < -0.3 is 5.11 Å². The Morgan fingerprint density at radius 3 is 3.00 bits per heavy atom. The maximum absolute atomic E-state index is 12.3. The van der Waals surface area contributed by atoms with E-state index in [1.807, 2.05) is 31.2 Å². The van der Waals surface area contributed by atoms with Crippen molar-refractivity contribution in [3.05, 3.63) is 51.3 Å². The van der Waals surface area contributed by atoms with E-state index in [-0.39, 0.29) is 11.4 Å². The van der Waals surface area contributed by atoms with Crippen LogP contribution in [-0.4, -0.2) is 20.4 Å². The zero-order chi connectivity index (χ0) is 13.4. The number of nitrogens with zero attached hydrogens (tertiary/aromatic N) is 2. The predicted octanol–water partition coefficient (Wildman–Crippen LogP) is 1.95. The number of rotatable bonds is 2. The van der Waals surface area contributed by atoms with Gasteiger partial charge >= 0.3 is 0 Å². The predicted molar refractivity (Wildman–Crippen MR) is 74.9 cm³/mol. The fourth-order valence-electron chi connectivity index (χ4n) is 2.25. The molecule has 0 amide bonds. The zero-order valence-corrected chi connectivity index (χ0v) is 11.4. The molecule has 98 valence electrons. The molecule has 0 spiro atoms. The molecule has 1 aromatic carbocycles. The molecule has 0 atom stereocenters. The second-order valence-electron chi connectivity index (χ2n) is 4.61. The monoisotopic (exact) mass is 274 g/mol. The highest BCUT2D eigenvalue weighted by atomic mass is 32.2. The van der Waals surface area contributed by atoms with Crippen LogP contribution in [0.2, 0.25) is 0 Å². The van der Waals surface area contributed by atoms with Gasteiger partial charge in [0, 0.05) is 18.7 Å². The van der Waals surface area contributed by atoms with Gasteiger partial charge in [0.2, 0.25) is 5.88 Å². The summed E-state index contributed by atoms with van der Waals surface area (Å²) in [5.74, 6) is 0.712. The maximum atomic E-state index is 12.3. The van der Waals surface area contributed by atoms with Crippen LogP contribution in [0.4, 0.5) is 0 Å². The molecule has 0 saturated heterocycles. The SMILES string of the molecule is Cc1ccccc1Cc1c(O)nc2n(c1=O)CCS2. The third-order valence-corrected chi connectivity index (χ3v) is 4.34. The van der Waals surface area contributed by atoms with Gasteiger partial charge in [-0.2, -0.15) is 4.98 Å². The van der Waals surface area contributed by atoms with Crippen molar-refractivity contribution in [3.8, 4) is 5.88 Å². The summed E-state index contributed by atoms with van der Waals surface area (Å²) >= 11 is 1.51. The lowest BCUT2D eigenvalue weighted by Gasteiger charge is -2.09. The molecule has 0 aliphatic carbocycles. The number of aromatic nitrogens is 2. The van der Waals surface area contributed by atoms with Gasteiger partial charge in [0.1, 0.15) is 0 Å². The second kappa shape index (κ2) is 4.74. The number of thioether (sulfide) groups is 1. The van der Waals surface area contributed by atoms with Crippen molar-refractivity contribution in [2.75, 3.05) is 5.75 Å². The van der Waals surface area contributed by atoms with Gasteiger partial charge in [0.15, 0.2) is 5.16 Å². The molecular weight excluding hydrogens is 260 g/mol. The highest BCUT2D eigenvalue weighted by molar-refractivity contribution is 7.99. The average Bonchev–Trinajstić information content (AvgIpc) is 2.84. The number of fused-ring (bicyclic) bond motifs is 1. The Kier molecular flexibility index (Phi) is 3.06. The highest BCUT2D eigenvalue weighted by Crippen LogP contribution is 2.25. The Balaban J connectivity index is 2.07. The number of aromatic hydroxyl groups is 1. The molecule has 1 aliphatic heterocycles. The third kappa shape index (κ3) is 2.14. The van der Waals surface area contributed by atoms with E-state index in [1.54, 1.807) is 4.57 Å². The molecule has 3 rings (SSSR count). The molecule has 1 aliphatic rings. The molecule has 19 heavy (non-hydrogen) atoms. The largest absolute Gasteiger partial charge is 0.493 e. The fraction of sp³-hybridized carbons (Fsp3) is 0.286. The lowest BCUT2D eigenvalue weighted by molar-refractivity contribution is 0.428. The van der Waals surface area contributed by atoms with Crippen LogP contribution in [0, 0.1) is 6.92 Å². The van der Waals surface area contributed by atoms with Gasteiger partial charge in [-0.15, -0.1) is 0 Å². The van der Waals surface area contributed by atoms with E-state index in [0.717, 1.165) is 16.9 Å². The molecule has 0 saturated carbocycles. The van der Waals surface area contributed by atoms with E-state index in [2.05, 4.69) is 4.98 Å². The third-order valence-electron chi connectivity index (χ3n) is 3.38.